The second kappa shape index (κ2) is 9.73. The minimum absolute atomic E-state index is 0.194. The summed E-state index contributed by atoms with van der Waals surface area (Å²) < 4.78 is 39.2. The normalized spacial score (nSPS) is 32.1. The predicted molar refractivity (Wildman–Crippen MR) is 102 cm³/mol. The van der Waals surface area contributed by atoms with E-state index in [0.29, 0.717) is 0 Å². The van der Waals surface area contributed by atoms with E-state index < -0.39 is 54.6 Å². The van der Waals surface area contributed by atoms with E-state index in [0.717, 1.165) is 5.56 Å². The molecular formula is C21H26O10. The third kappa shape index (κ3) is 6.01. The lowest BCUT2D eigenvalue weighted by Gasteiger charge is -2.40. The Morgan fingerprint density at radius 3 is 2.19 bits per heavy atom. The fourth-order valence-corrected chi connectivity index (χ4v) is 3.43. The first-order chi connectivity index (χ1) is 14.7. The third-order valence-electron chi connectivity index (χ3n) is 4.67. The molecule has 0 aromatic heterocycles. The van der Waals surface area contributed by atoms with Crippen LogP contribution in [0.4, 0.5) is 0 Å². The monoisotopic (exact) mass is 438 g/mol. The highest BCUT2D eigenvalue weighted by molar-refractivity contribution is 5.67. The lowest BCUT2D eigenvalue weighted by atomic mass is 9.98. The molecule has 10 nitrogen and oxygen atoms in total. The smallest absolute Gasteiger partial charge is 0.303 e. The summed E-state index contributed by atoms with van der Waals surface area (Å²) in [5.41, 5.74) is 0.897. The van der Waals surface area contributed by atoms with Gasteiger partial charge in [-0.1, -0.05) is 30.3 Å². The zero-order valence-corrected chi connectivity index (χ0v) is 17.8. The maximum absolute atomic E-state index is 11.8. The number of carbonyl (C=O) groups is 3. The summed E-state index contributed by atoms with van der Waals surface area (Å²) in [5, 5.41) is 0. The number of benzene rings is 1. The quantitative estimate of drug-likeness (QED) is 0.457. The first-order valence-electron chi connectivity index (χ1n) is 9.83. The Bertz CT molecular complexity index is 797. The zero-order chi connectivity index (χ0) is 22.6. The van der Waals surface area contributed by atoms with Gasteiger partial charge in [0.15, 0.2) is 24.6 Å². The number of esters is 3. The first-order valence-corrected chi connectivity index (χ1v) is 9.83. The van der Waals surface area contributed by atoms with Crippen molar-refractivity contribution in [1.29, 1.82) is 0 Å². The van der Waals surface area contributed by atoms with Crippen LogP contribution in [0.15, 0.2) is 30.3 Å². The molecule has 2 aliphatic rings. The Morgan fingerprint density at radius 2 is 1.58 bits per heavy atom. The maximum atomic E-state index is 11.8. The van der Waals surface area contributed by atoms with Crippen molar-refractivity contribution < 1.29 is 47.5 Å². The summed E-state index contributed by atoms with van der Waals surface area (Å²) in [6.07, 6.45) is -5.05. The Labute approximate surface area is 179 Å². The van der Waals surface area contributed by atoms with Crippen LogP contribution in [0.1, 0.15) is 33.3 Å². The highest BCUT2D eigenvalue weighted by Gasteiger charge is 2.59. The van der Waals surface area contributed by atoms with Gasteiger partial charge in [0.25, 0.3) is 5.97 Å². The van der Waals surface area contributed by atoms with Gasteiger partial charge in [0.2, 0.25) is 0 Å². The molecule has 10 heteroatoms. The average molecular weight is 438 g/mol. The summed E-state index contributed by atoms with van der Waals surface area (Å²) in [7, 11) is 0. The summed E-state index contributed by atoms with van der Waals surface area (Å²) in [6.45, 7) is 5.18. The second-order valence-corrected chi connectivity index (χ2v) is 7.33. The largest absolute Gasteiger partial charge is 0.463 e. The lowest BCUT2D eigenvalue weighted by Crippen LogP contribution is -2.60. The van der Waals surface area contributed by atoms with Gasteiger partial charge in [-0.05, 0) is 5.56 Å². The molecule has 1 aromatic carbocycles. The van der Waals surface area contributed by atoms with Gasteiger partial charge in [-0.15, -0.1) is 0 Å². The Hall–Kier alpha value is -2.53. The van der Waals surface area contributed by atoms with E-state index in [1.54, 1.807) is 6.92 Å². The van der Waals surface area contributed by atoms with Crippen molar-refractivity contribution >= 4 is 17.9 Å². The fraction of sp³-hybridized carbons (Fsp3) is 0.571. The number of hydrogen-bond acceptors (Lipinski definition) is 10. The molecule has 0 N–H and O–H groups in total. The minimum Gasteiger partial charge on any atom is -0.463 e. The topological polar surface area (TPSA) is 116 Å². The summed E-state index contributed by atoms with van der Waals surface area (Å²) >= 11 is 0. The number of ether oxygens (including phenoxy) is 7. The van der Waals surface area contributed by atoms with Crippen LogP contribution in [-0.2, 0) is 54.1 Å². The molecule has 0 aliphatic carbocycles. The third-order valence-corrected chi connectivity index (χ3v) is 4.67. The molecule has 1 aromatic rings. The summed E-state index contributed by atoms with van der Waals surface area (Å²) in [6, 6.07) is 9.41. The van der Waals surface area contributed by atoms with E-state index in [1.807, 2.05) is 30.3 Å². The molecule has 2 aliphatic heterocycles. The van der Waals surface area contributed by atoms with Crippen LogP contribution in [0, 0.1) is 0 Å². The Kier molecular flexibility index (Phi) is 7.26. The minimum atomic E-state index is -1.51. The van der Waals surface area contributed by atoms with Gasteiger partial charge in [-0.2, -0.15) is 0 Å². The van der Waals surface area contributed by atoms with Crippen LogP contribution in [0.3, 0.4) is 0 Å². The molecule has 0 radical (unpaired) electrons. The SMILES string of the molecule is CC(=O)OC[C@H]1O[C@@H]2OC(C)(OCc3ccccc3)O[C@@H]2[C@@H](OC(C)=O)[C@@H]1OC(C)=O. The van der Waals surface area contributed by atoms with Crippen LogP contribution in [-0.4, -0.2) is 61.2 Å². The van der Waals surface area contributed by atoms with E-state index in [4.69, 9.17) is 33.2 Å². The van der Waals surface area contributed by atoms with Crippen LogP contribution in [0.2, 0.25) is 0 Å². The molecule has 6 atom stereocenters. The zero-order valence-electron chi connectivity index (χ0n) is 17.8. The van der Waals surface area contributed by atoms with Crippen LogP contribution in [0.25, 0.3) is 0 Å². The van der Waals surface area contributed by atoms with Crippen molar-refractivity contribution in [3.8, 4) is 0 Å². The molecule has 0 saturated carbocycles. The molecular weight excluding hydrogens is 412 g/mol. The van der Waals surface area contributed by atoms with Gasteiger partial charge in [0, 0.05) is 27.7 Å². The van der Waals surface area contributed by atoms with Gasteiger partial charge >= 0.3 is 17.9 Å². The molecule has 0 amide bonds. The molecule has 3 rings (SSSR count). The van der Waals surface area contributed by atoms with E-state index in [1.165, 1.54) is 20.8 Å². The molecule has 31 heavy (non-hydrogen) atoms. The first kappa shape index (κ1) is 23.1. The molecule has 170 valence electrons. The standard InChI is InChI=1S/C21H26O10/c1-12(22)25-11-16-17(27-13(2)23)18(28-14(3)24)19-20(29-16)31-21(4,30-19)26-10-15-8-6-5-7-9-15/h5-9,16-20H,10-11H2,1-4H3/t16-,17-,18+,19-,20-,21?/m1/s1. The predicted octanol–water partition coefficient (Wildman–Crippen LogP) is 1.44. The molecule has 2 saturated heterocycles. The Balaban J connectivity index is 1.80. The maximum Gasteiger partial charge on any atom is 0.303 e. The van der Waals surface area contributed by atoms with E-state index in [-0.39, 0.29) is 13.2 Å². The number of hydrogen-bond donors (Lipinski definition) is 0. The van der Waals surface area contributed by atoms with E-state index >= 15 is 0 Å². The van der Waals surface area contributed by atoms with Crippen LogP contribution >= 0.6 is 0 Å². The summed E-state index contributed by atoms with van der Waals surface area (Å²) in [5.74, 6) is -3.30. The Morgan fingerprint density at radius 1 is 0.935 bits per heavy atom. The van der Waals surface area contributed by atoms with Gasteiger partial charge in [0.05, 0.1) is 6.61 Å². The van der Waals surface area contributed by atoms with Gasteiger partial charge < -0.3 is 28.4 Å². The van der Waals surface area contributed by atoms with Crippen molar-refractivity contribution in [2.24, 2.45) is 0 Å². The second-order valence-electron chi connectivity index (χ2n) is 7.33. The highest BCUT2D eigenvalue weighted by atomic mass is 16.9. The molecule has 2 fully saturated rings. The molecule has 0 spiro atoms. The number of carbonyl (C=O) groups excluding carboxylic acids is 3. The van der Waals surface area contributed by atoms with Gasteiger partial charge in [-0.25, -0.2) is 0 Å². The molecule has 0 bridgehead atoms. The van der Waals surface area contributed by atoms with Crippen molar-refractivity contribution in [1.82, 2.24) is 0 Å². The molecule has 1 unspecified atom stereocenters. The van der Waals surface area contributed by atoms with Crippen molar-refractivity contribution in [3.05, 3.63) is 35.9 Å². The van der Waals surface area contributed by atoms with Crippen LogP contribution < -0.4 is 0 Å². The highest BCUT2D eigenvalue weighted by Crippen LogP contribution is 2.39. The van der Waals surface area contributed by atoms with Gasteiger partial charge in [-0.3, -0.25) is 19.1 Å². The van der Waals surface area contributed by atoms with Crippen molar-refractivity contribution in [2.75, 3.05) is 6.61 Å². The van der Waals surface area contributed by atoms with E-state index in [9.17, 15) is 14.4 Å². The van der Waals surface area contributed by atoms with Crippen molar-refractivity contribution in [2.45, 2.75) is 71.0 Å². The molecule has 2 heterocycles. The van der Waals surface area contributed by atoms with Crippen molar-refractivity contribution in [3.63, 3.8) is 0 Å². The number of rotatable bonds is 7. The average Bonchev–Trinajstić information content (AvgIpc) is 3.03. The lowest BCUT2D eigenvalue weighted by molar-refractivity contribution is -0.349. The van der Waals surface area contributed by atoms with Gasteiger partial charge in [0.1, 0.15) is 12.7 Å². The van der Waals surface area contributed by atoms with Crippen LogP contribution in [0.5, 0.6) is 0 Å². The summed E-state index contributed by atoms with van der Waals surface area (Å²) in [4.78, 5) is 34.7. The number of fused-ring (bicyclic) bond motifs is 1. The van der Waals surface area contributed by atoms with E-state index in [2.05, 4.69) is 0 Å². The fourth-order valence-electron chi connectivity index (χ4n) is 3.43.